The van der Waals surface area contributed by atoms with Crippen LogP contribution in [-0.2, 0) is 31.2 Å². The Balaban J connectivity index is 1.41. The lowest BCUT2D eigenvalue weighted by Crippen LogP contribution is -2.29. The number of H-pyrrole nitrogens is 1. The van der Waals surface area contributed by atoms with E-state index in [-0.39, 0.29) is 0 Å². The van der Waals surface area contributed by atoms with Crippen molar-refractivity contribution in [2.45, 2.75) is 45.7 Å². The van der Waals surface area contributed by atoms with Crippen molar-refractivity contribution in [3.05, 3.63) is 100 Å². The van der Waals surface area contributed by atoms with E-state index in [0.717, 1.165) is 37.9 Å². The highest BCUT2D eigenvalue weighted by molar-refractivity contribution is 5.90. The van der Waals surface area contributed by atoms with E-state index >= 15 is 0 Å². The molecular weight excluding hydrogens is 448 g/mol. The van der Waals surface area contributed by atoms with Crippen molar-refractivity contribution in [2.75, 3.05) is 6.54 Å². The number of carbonyl (C=O) groups excluding carboxylic acids is 1. The Morgan fingerprint density at radius 3 is 2.83 bits per heavy atom. The first-order valence-corrected chi connectivity index (χ1v) is 12.6. The Bertz CT molecular complexity index is 1410. The van der Waals surface area contributed by atoms with E-state index < -0.39 is 5.91 Å². The van der Waals surface area contributed by atoms with Gasteiger partial charge in [0.05, 0.1) is 0 Å². The molecule has 2 heterocycles. The molecule has 2 aromatic heterocycles. The van der Waals surface area contributed by atoms with E-state index in [0.29, 0.717) is 6.04 Å². The number of hydrogen-bond donors (Lipinski definition) is 3. The molecule has 186 valence electrons. The lowest BCUT2D eigenvalue weighted by molar-refractivity contribution is -0.124. The Labute approximate surface area is 212 Å². The molecule has 1 amide bonds. The minimum atomic E-state index is -0.524. The number of aryl methyl sites for hydroxylation is 4. The van der Waals surface area contributed by atoms with Crippen molar-refractivity contribution in [1.82, 2.24) is 19.9 Å². The van der Waals surface area contributed by atoms with Crippen LogP contribution in [0.2, 0.25) is 0 Å². The van der Waals surface area contributed by atoms with Gasteiger partial charge in [0.1, 0.15) is 0 Å². The Hall–Kier alpha value is -3.61. The van der Waals surface area contributed by atoms with Gasteiger partial charge < -0.3 is 9.55 Å². The van der Waals surface area contributed by atoms with Crippen LogP contribution in [0.1, 0.15) is 51.7 Å². The molecule has 5 rings (SSSR count). The van der Waals surface area contributed by atoms with Crippen molar-refractivity contribution in [3.8, 4) is 0 Å². The fourth-order valence-corrected chi connectivity index (χ4v) is 5.59. The predicted molar refractivity (Wildman–Crippen MR) is 144 cm³/mol. The number of hydrogen-bond acceptors (Lipinski definition) is 3. The van der Waals surface area contributed by atoms with Gasteiger partial charge in [-0.2, -0.15) is 0 Å². The molecule has 0 fully saturated rings. The number of aromatic nitrogens is 2. The van der Waals surface area contributed by atoms with Crippen LogP contribution < -0.4 is 5.48 Å². The quantitative estimate of drug-likeness (QED) is 0.179. The van der Waals surface area contributed by atoms with Gasteiger partial charge in [0.15, 0.2) is 0 Å². The number of benzene rings is 2. The second kappa shape index (κ2) is 10.2. The van der Waals surface area contributed by atoms with E-state index in [1.54, 1.807) is 11.6 Å². The predicted octanol–water partition coefficient (Wildman–Crippen LogP) is 5.37. The summed E-state index contributed by atoms with van der Waals surface area (Å²) in [4.78, 5) is 17.6. The summed E-state index contributed by atoms with van der Waals surface area (Å²) < 4.78 is 2.23. The first kappa shape index (κ1) is 24.1. The summed E-state index contributed by atoms with van der Waals surface area (Å²) in [5.41, 5.74) is 11.8. The average Bonchev–Trinajstić information content (AvgIpc) is 3.55. The van der Waals surface area contributed by atoms with Crippen molar-refractivity contribution in [3.63, 3.8) is 0 Å². The number of aromatic amines is 1. The summed E-state index contributed by atoms with van der Waals surface area (Å²) in [7, 11) is 2.12. The van der Waals surface area contributed by atoms with Crippen LogP contribution in [0.5, 0.6) is 0 Å². The first-order valence-electron chi connectivity index (χ1n) is 12.6. The SMILES string of the molecule is Cc1cc(CN(CCc2cn(C)c3ccccc23)C2CCc3cc(C=CC(=O)NO)ccc32)[nH]c1C. The fourth-order valence-electron chi connectivity index (χ4n) is 5.59. The summed E-state index contributed by atoms with van der Waals surface area (Å²) in [5.74, 6) is -0.524. The smallest absolute Gasteiger partial charge is 0.267 e. The zero-order valence-electron chi connectivity index (χ0n) is 21.2. The second-order valence-electron chi connectivity index (χ2n) is 9.93. The van der Waals surface area contributed by atoms with Gasteiger partial charge in [0.2, 0.25) is 0 Å². The highest BCUT2D eigenvalue weighted by Gasteiger charge is 2.28. The zero-order chi connectivity index (χ0) is 25.2. The van der Waals surface area contributed by atoms with Gasteiger partial charge in [-0.05, 0) is 79.1 Å². The van der Waals surface area contributed by atoms with E-state index in [2.05, 4.69) is 90.1 Å². The maximum absolute atomic E-state index is 11.4. The average molecular weight is 483 g/mol. The topological polar surface area (TPSA) is 73.3 Å². The van der Waals surface area contributed by atoms with Gasteiger partial charge in [-0.3, -0.25) is 14.9 Å². The minimum absolute atomic E-state index is 0.345. The lowest BCUT2D eigenvalue weighted by atomic mass is 10.0. The standard InChI is InChI=1S/C30H34N4O2/c1-20-16-25(31-21(20)2)19-34(15-14-24-18-33(3)28-7-5-4-6-26(24)28)29-12-10-23-17-22(8-11-27(23)29)9-13-30(35)32-36/h4-9,11,13,16-18,29,31,36H,10,12,14-15,19H2,1-3H3,(H,32,35). The zero-order valence-corrected chi connectivity index (χ0v) is 21.2. The van der Waals surface area contributed by atoms with Crippen molar-refractivity contribution in [1.29, 1.82) is 0 Å². The van der Waals surface area contributed by atoms with Gasteiger partial charge in [0, 0.05) is 60.7 Å². The molecular formula is C30H34N4O2. The summed E-state index contributed by atoms with van der Waals surface area (Å²) in [6.45, 7) is 6.14. The molecule has 0 radical (unpaired) electrons. The largest absolute Gasteiger partial charge is 0.361 e. The highest BCUT2D eigenvalue weighted by atomic mass is 16.5. The number of fused-ring (bicyclic) bond motifs is 2. The van der Waals surface area contributed by atoms with Crippen LogP contribution in [0.4, 0.5) is 0 Å². The van der Waals surface area contributed by atoms with Gasteiger partial charge in [-0.25, -0.2) is 5.48 Å². The van der Waals surface area contributed by atoms with E-state index in [9.17, 15) is 4.79 Å². The number of nitrogens with one attached hydrogen (secondary N) is 2. The molecule has 0 spiro atoms. The van der Waals surface area contributed by atoms with Crippen LogP contribution in [0.25, 0.3) is 17.0 Å². The molecule has 0 saturated carbocycles. The molecule has 1 atom stereocenters. The second-order valence-corrected chi connectivity index (χ2v) is 9.93. The Kier molecular flexibility index (Phi) is 6.81. The van der Waals surface area contributed by atoms with Gasteiger partial charge in [-0.1, -0.05) is 36.4 Å². The number of amides is 1. The third kappa shape index (κ3) is 4.87. The maximum Gasteiger partial charge on any atom is 0.267 e. The molecule has 1 unspecified atom stereocenters. The van der Waals surface area contributed by atoms with Gasteiger partial charge in [-0.15, -0.1) is 0 Å². The maximum atomic E-state index is 11.4. The molecule has 0 bridgehead atoms. The summed E-state index contributed by atoms with van der Waals surface area (Å²) in [6.07, 6.45) is 8.44. The molecule has 3 N–H and O–H groups in total. The molecule has 1 aliphatic rings. The van der Waals surface area contributed by atoms with Crippen molar-refractivity contribution in [2.24, 2.45) is 7.05 Å². The van der Waals surface area contributed by atoms with Crippen LogP contribution in [0.15, 0.2) is 60.8 Å². The summed E-state index contributed by atoms with van der Waals surface area (Å²) >= 11 is 0. The fraction of sp³-hybridized carbons (Fsp3) is 0.300. The monoisotopic (exact) mass is 482 g/mol. The molecule has 36 heavy (non-hydrogen) atoms. The molecule has 4 aromatic rings. The van der Waals surface area contributed by atoms with Crippen LogP contribution in [0.3, 0.4) is 0 Å². The van der Waals surface area contributed by atoms with E-state index in [1.807, 2.05) is 0 Å². The lowest BCUT2D eigenvalue weighted by Gasteiger charge is -2.29. The first-order chi connectivity index (χ1) is 17.4. The van der Waals surface area contributed by atoms with Gasteiger partial charge in [0.25, 0.3) is 5.91 Å². The van der Waals surface area contributed by atoms with Gasteiger partial charge >= 0.3 is 0 Å². The number of nitrogens with zero attached hydrogens (tertiary/aromatic N) is 2. The van der Waals surface area contributed by atoms with E-state index in [4.69, 9.17) is 5.21 Å². The Morgan fingerprint density at radius 2 is 2.06 bits per heavy atom. The molecule has 1 aliphatic carbocycles. The molecule has 6 heteroatoms. The number of para-hydroxylation sites is 1. The summed E-state index contributed by atoms with van der Waals surface area (Å²) in [5, 5.41) is 10.1. The minimum Gasteiger partial charge on any atom is -0.361 e. The third-order valence-electron chi connectivity index (χ3n) is 7.54. The van der Waals surface area contributed by atoms with Crippen LogP contribution in [0, 0.1) is 13.8 Å². The summed E-state index contributed by atoms with van der Waals surface area (Å²) in [6, 6.07) is 17.7. The molecule has 0 saturated heterocycles. The van der Waals surface area contributed by atoms with Crippen LogP contribution >= 0.6 is 0 Å². The van der Waals surface area contributed by atoms with E-state index in [1.165, 1.54) is 50.6 Å². The number of rotatable bonds is 8. The number of hydroxylamine groups is 1. The van der Waals surface area contributed by atoms with Crippen LogP contribution in [-0.4, -0.2) is 32.1 Å². The van der Waals surface area contributed by atoms with Crippen molar-refractivity contribution < 1.29 is 10.0 Å². The van der Waals surface area contributed by atoms with Crippen molar-refractivity contribution >= 4 is 22.9 Å². The number of carbonyl (C=O) groups is 1. The normalized spacial score (nSPS) is 15.3. The molecule has 6 nitrogen and oxygen atoms in total. The third-order valence-corrected chi connectivity index (χ3v) is 7.54. The highest BCUT2D eigenvalue weighted by Crippen LogP contribution is 2.37. The molecule has 0 aliphatic heterocycles. The Morgan fingerprint density at radius 1 is 1.22 bits per heavy atom. The molecule has 2 aromatic carbocycles.